The molecule has 1 heterocycles. The molecule has 0 aliphatic rings. The van der Waals surface area contributed by atoms with Gasteiger partial charge < -0.3 is 19.8 Å². The van der Waals surface area contributed by atoms with Crippen molar-refractivity contribution in [3.05, 3.63) is 23.4 Å². The Labute approximate surface area is 121 Å². The van der Waals surface area contributed by atoms with E-state index in [1.54, 1.807) is 7.11 Å². The molecule has 0 saturated heterocycles. The van der Waals surface area contributed by atoms with Crippen LogP contribution in [0.3, 0.4) is 0 Å². The van der Waals surface area contributed by atoms with E-state index >= 15 is 0 Å². The summed E-state index contributed by atoms with van der Waals surface area (Å²) in [5, 5.41) is 18.6. The highest BCUT2D eigenvalue weighted by Crippen LogP contribution is 2.25. The van der Waals surface area contributed by atoms with Crippen molar-refractivity contribution < 1.29 is 14.9 Å². The number of methoxy groups -OCH3 is 1. The van der Waals surface area contributed by atoms with E-state index in [2.05, 4.69) is 25.8 Å². The first-order chi connectivity index (χ1) is 9.42. The van der Waals surface area contributed by atoms with Crippen LogP contribution in [-0.2, 0) is 16.8 Å². The lowest BCUT2D eigenvalue weighted by Gasteiger charge is -2.26. The number of nitrogens with zero attached hydrogens (tertiary/aromatic N) is 2. The van der Waals surface area contributed by atoms with Crippen LogP contribution >= 0.6 is 0 Å². The van der Waals surface area contributed by atoms with Gasteiger partial charge in [0.1, 0.15) is 5.82 Å². The van der Waals surface area contributed by atoms with Crippen LogP contribution in [0.1, 0.15) is 32.0 Å². The van der Waals surface area contributed by atoms with Crippen molar-refractivity contribution in [1.82, 2.24) is 4.98 Å². The number of hydrogen-bond donors (Lipinski definition) is 2. The number of aliphatic hydroxyl groups is 2. The van der Waals surface area contributed by atoms with Gasteiger partial charge in [-0.15, -0.1) is 0 Å². The van der Waals surface area contributed by atoms with Gasteiger partial charge in [0.15, 0.2) is 0 Å². The molecule has 0 fully saturated rings. The van der Waals surface area contributed by atoms with Crippen molar-refractivity contribution in [1.29, 1.82) is 0 Å². The number of pyridine rings is 1. The Morgan fingerprint density at radius 3 is 2.40 bits per heavy atom. The summed E-state index contributed by atoms with van der Waals surface area (Å²) in [6, 6.07) is 3.79. The van der Waals surface area contributed by atoms with Crippen molar-refractivity contribution in [2.45, 2.75) is 32.8 Å². The third-order valence-electron chi connectivity index (χ3n) is 3.08. The molecule has 0 saturated carbocycles. The van der Waals surface area contributed by atoms with E-state index in [4.69, 9.17) is 4.74 Å². The van der Waals surface area contributed by atoms with Crippen LogP contribution < -0.4 is 4.90 Å². The molecule has 1 aromatic heterocycles. The van der Waals surface area contributed by atoms with Gasteiger partial charge in [0, 0.05) is 31.3 Å². The van der Waals surface area contributed by atoms with Gasteiger partial charge in [0.05, 0.1) is 19.8 Å². The Kier molecular flexibility index (Phi) is 6.39. The molecule has 1 aromatic rings. The Morgan fingerprint density at radius 2 is 1.90 bits per heavy atom. The summed E-state index contributed by atoms with van der Waals surface area (Å²) < 4.78 is 5.09. The largest absolute Gasteiger partial charge is 0.395 e. The fraction of sp³-hybridized carbons (Fsp3) is 0.667. The van der Waals surface area contributed by atoms with E-state index in [0.29, 0.717) is 19.7 Å². The van der Waals surface area contributed by atoms with Crippen LogP contribution in [0.15, 0.2) is 12.1 Å². The van der Waals surface area contributed by atoms with Crippen molar-refractivity contribution in [3.63, 3.8) is 0 Å². The van der Waals surface area contributed by atoms with Crippen LogP contribution in [0, 0.1) is 0 Å². The fourth-order valence-electron chi connectivity index (χ4n) is 1.87. The minimum atomic E-state index is -0.0912. The third-order valence-corrected chi connectivity index (χ3v) is 3.08. The Bertz CT molecular complexity index is 416. The molecule has 20 heavy (non-hydrogen) atoms. The molecule has 0 spiro atoms. The summed E-state index contributed by atoms with van der Waals surface area (Å²) in [7, 11) is 1.65. The lowest BCUT2D eigenvalue weighted by Crippen LogP contribution is -2.31. The van der Waals surface area contributed by atoms with Gasteiger partial charge in [-0.3, -0.25) is 0 Å². The van der Waals surface area contributed by atoms with Gasteiger partial charge in [-0.1, -0.05) is 20.8 Å². The summed E-state index contributed by atoms with van der Waals surface area (Å²) in [6.07, 6.45) is 0. The van der Waals surface area contributed by atoms with Gasteiger partial charge >= 0.3 is 0 Å². The highest BCUT2D eigenvalue weighted by atomic mass is 16.5. The lowest BCUT2D eigenvalue weighted by molar-refractivity contribution is 0.202. The summed E-state index contributed by atoms with van der Waals surface area (Å²) in [5.74, 6) is 0.771. The number of rotatable bonds is 7. The predicted molar refractivity (Wildman–Crippen MR) is 80.0 cm³/mol. The van der Waals surface area contributed by atoms with Crippen molar-refractivity contribution >= 4 is 5.82 Å². The molecule has 5 heteroatoms. The normalized spacial score (nSPS) is 11.7. The molecule has 1 rings (SSSR count). The van der Waals surface area contributed by atoms with Gasteiger partial charge in [0.25, 0.3) is 0 Å². The van der Waals surface area contributed by atoms with E-state index in [9.17, 15) is 10.2 Å². The first-order valence-electron chi connectivity index (χ1n) is 6.89. The van der Waals surface area contributed by atoms with Gasteiger partial charge in [-0.05, 0) is 17.7 Å². The number of ether oxygens (including phenoxy) is 1. The van der Waals surface area contributed by atoms with Gasteiger partial charge in [-0.2, -0.15) is 0 Å². The average Bonchev–Trinajstić information content (AvgIpc) is 2.42. The highest BCUT2D eigenvalue weighted by Gasteiger charge is 2.19. The molecule has 0 atom stereocenters. The Hall–Kier alpha value is -1.17. The number of aromatic nitrogens is 1. The predicted octanol–water partition coefficient (Wildman–Crippen LogP) is 1.32. The maximum absolute atomic E-state index is 9.42. The molecular formula is C15H26N2O3. The van der Waals surface area contributed by atoms with Gasteiger partial charge in [-0.25, -0.2) is 4.98 Å². The fourth-order valence-corrected chi connectivity index (χ4v) is 1.87. The number of anilines is 1. The summed E-state index contributed by atoms with van der Waals surface area (Å²) >= 11 is 0. The minimum Gasteiger partial charge on any atom is -0.395 e. The molecule has 2 N–H and O–H groups in total. The molecule has 0 bridgehead atoms. The molecule has 0 radical (unpaired) electrons. The topological polar surface area (TPSA) is 65.8 Å². The van der Waals surface area contributed by atoms with E-state index in [1.165, 1.54) is 0 Å². The smallest absolute Gasteiger partial charge is 0.129 e. The second-order valence-electron chi connectivity index (χ2n) is 5.83. The van der Waals surface area contributed by atoms with E-state index < -0.39 is 0 Å². The van der Waals surface area contributed by atoms with Crippen LogP contribution in [0.2, 0.25) is 0 Å². The Balaban J connectivity index is 3.12. The molecule has 0 aromatic carbocycles. The molecule has 0 aliphatic heterocycles. The average molecular weight is 282 g/mol. The molecule has 0 amide bonds. The molecule has 114 valence electrons. The molecular weight excluding hydrogens is 256 g/mol. The minimum absolute atomic E-state index is 0.0180. The van der Waals surface area contributed by atoms with Crippen LogP contribution in [0.4, 0.5) is 5.82 Å². The van der Waals surface area contributed by atoms with Crippen LogP contribution in [0.5, 0.6) is 0 Å². The number of aliphatic hydroxyl groups excluding tert-OH is 2. The maximum atomic E-state index is 9.42. The van der Waals surface area contributed by atoms with E-state index in [-0.39, 0.29) is 18.6 Å². The van der Waals surface area contributed by atoms with Crippen LogP contribution in [-0.4, -0.2) is 48.6 Å². The zero-order chi connectivity index (χ0) is 15.2. The lowest BCUT2D eigenvalue weighted by atomic mass is 9.91. The zero-order valence-electron chi connectivity index (χ0n) is 12.9. The maximum Gasteiger partial charge on any atom is 0.129 e. The highest BCUT2D eigenvalue weighted by molar-refractivity contribution is 5.44. The first kappa shape index (κ1) is 16.9. The monoisotopic (exact) mass is 282 g/mol. The second-order valence-corrected chi connectivity index (χ2v) is 5.83. The van der Waals surface area contributed by atoms with Crippen molar-refractivity contribution in [3.8, 4) is 0 Å². The first-order valence-corrected chi connectivity index (χ1v) is 6.89. The zero-order valence-corrected chi connectivity index (χ0v) is 12.9. The number of hydrogen-bond acceptors (Lipinski definition) is 5. The van der Waals surface area contributed by atoms with Crippen molar-refractivity contribution in [2.24, 2.45) is 0 Å². The van der Waals surface area contributed by atoms with E-state index in [1.807, 2.05) is 17.0 Å². The molecule has 5 nitrogen and oxygen atoms in total. The summed E-state index contributed by atoms with van der Waals surface area (Å²) in [4.78, 5) is 6.64. The summed E-state index contributed by atoms with van der Waals surface area (Å²) in [5.41, 5.74) is 1.67. The van der Waals surface area contributed by atoms with E-state index in [0.717, 1.165) is 17.1 Å². The van der Waals surface area contributed by atoms with Gasteiger partial charge in [0.2, 0.25) is 0 Å². The Morgan fingerprint density at radius 1 is 1.20 bits per heavy atom. The van der Waals surface area contributed by atoms with Crippen LogP contribution in [0.25, 0.3) is 0 Å². The van der Waals surface area contributed by atoms with Crippen molar-refractivity contribution in [2.75, 3.05) is 38.3 Å². The standard InChI is InChI=1S/C15H26N2O3/c1-15(2,3)13-9-12(11-19)10-14(16-13)17(5-7-18)6-8-20-4/h9-10,18-19H,5-8,11H2,1-4H3. The second kappa shape index (κ2) is 7.57. The summed E-state index contributed by atoms with van der Waals surface area (Å²) in [6.45, 7) is 8.02. The molecule has 0 unspecified atom stereocenters. The SMILES string of the molecule is COCCN(CCO)c1cc(CO)cc(C(C)(C)C)n1. The third kappa shape index (κ3) is 4.74. The molecule has 0 aliphatic carbocycles. The quantitative estimate of drug-likeness (QED) is 0.789.